The van der Waals surface area contributed by atoms with Crippen molar-refractivity contribution >= 4 is 39.0 Å². The second-order valence-electron chi connectivity index (χ2n) is 5.38. The average Bonchev–Trinajstić information content (AvgIpc) is 2.52. The maximum absolute atomic E-state index is 10.2. The highest BCUT2D eigenvalue weighted by Gasteiger charge is 2.08. The van der Waals surface area contributed by atoms with Crippen LogP contribution < -0.4 is 0 Å². The Morgan fingerprint density at radius 2 is 1.68 bits per heavy atom. The van der Waals surface area contributed by atoms with Crippen LogP contribution in [0.15, 0.2) is 46.9 Å². The third-order valence-corrected chi connectivity index (χ3v) is 4.22. The number of benzene rings is 2. The Hall–Kier alpha value is -2.13. The first-order valence-corrected chi connectivity index (χ1v) is 7.87. The van der Waals surface area contributed by atoms with E-state index in [1.54, 1.807) is 0 Å². The largest absolute Gasteiger partial charge is 0.505 e. The van der Waals surface area contributed by atoms with Crippen molar-refractivity contribution in [2.24, 2.45) is 0 Å². The van der Waals surface area contributed by atoms with E-state index in [4.69, 9.17) is 0 Å². The van der Waals surface area contributed by atoms with Gasteiger partial charge in [0.15, 0.2) is 0 Å². The summed E-state index contributed by atoms with van der Waals surface area (Å²) < 4.78 is 1.06. The molecule has 0 aliphatic carbocycles. The summed E-state index contributed by atoms with van der Waals surface area (Å²) in [4.78, 5) is 4.58. The van der Waals surface area contributed by atoms with Gasteiger partial charge in [-0.2, -0.15) is 0 Å². The van der Waals surface area contributed by atoms with Crippen molar-refractivity contribution in [2.45, 2.75) is 13.8 Å². The second kappa shape index (κ2) is 5.93. The zero-order valence-corrected chi connectivity index (χ0v) is 14.1. The van der Waals surface area contributed by atoms with Crippen LogP contribution in [-0.4, -0.2) is 10.1 Å². The molecule has 2 nitrogen and oxygen atoms in total. The summed E-state index contributed by atoms with van der Waals surface area (Å²) in [6.45, 7) is 3.93. The molecule has 110 valence electrons. The second-order valence-corrected chi connectivity index (χ2v) is 6.29. The smallest absolute Gasteiger partial charge is 0.144 e. The van der Waals surface area contributed by atoms with Crippen molar-refractivity contribution in [3.05, 3.63) is 69.3 Å². The van der Waals surface area contributed by atoms with Crippen LogP contribution in [0, 0.1) is 13.8 Å². The van der Waals surface area contributed by atoms with Crippen LogP contribution in [0.3, 0.4) is 0 Å². The molecule has 0 atom stereocenters. The monoisotopic (exact) mass is 353 g/mol. The van der Waals surface area contributed by atoms with E-state index in [0.29, 0.717) is 5.52 Å². The average molecular weight is 354 g/mol. The lowest BCUT2D eigenvalue weighted by Crippen LogP contribution is -1.89. The van der Waals surface area contributed by atoms with Crippen molar-refractivity contribution < 1.29 is 5.11 Å². The third kappa shape index (κ3) is 2.90. The van der Waals surface area contributed by atoms with Gasteiger partial charge in [0.05, 0.1) is 5.69 Å². The van der Waals surface area contributed by atoms with Gasteiger partial charge in [0.2, 0.25) is 0 Å². The number of aromatic nitrogens is 1. The molecule has 3 heteroatoms. The lowest BCUT2D eigenvalue weighted by Gasteiger charge is -2.07. The fourth-order valence-corrected chi connectivity index (χ4v) is 2.74. The number of hydrogen-bond acceptors (Lipinski definition) is 2. The lowest BCUT2D eigenvalue weighted by atomic mass is 10.0. The van der Waals surface area contributed by atoms with Crippen LogP contribution in [0.1, 0.15) is 22.4 Å². The van der Waals surface area contributed by atoms with Gasteiger partial charge in [0, 0.05) is 9.86 Å². The highest BCUT2D eigenvalue weighted by Crippen LogP contribution is 2.30. The fourth-order valence-electron chi connectivity index (χ4n) is 2.48. The predicted molar refractivity (Wildman–Crippen MR) is 96.0 cm³/mol. The quantitative estimate of drug-likeness (QED) is 0.660. The SMILES string of the molecule is Cc1cc(C)c2ccc(/C=C/c3ccc(Br)cc3)nc2c1O. The van der Waals surface area contributed by atoms with E-state index >= 15 is 0 Å². The Labute approximate surface area is 138 Å². The number of fused-ring (bicyclic) bond motifs is 1. The number of aryl methyl sites for hydroxylation is 2. The molecular weight excluding hydrogens is 338 g/mol. The molecule has 0 amide bonds. The summed E-state index contributed by atoms with van der Waals surface area (Å²) in [6.07, 6.45) is 3.97. The highest BCUT2D eigenvalue weighted by molar-refractivity contribution is 9.10. The standard InChI is InChI=1S/C19H16BrNO/c1-12-11-13(2)19(22)18-17(12)10-9-16(21-18)8-5-14-3-6-15(20)7-4-14/h3-11,22H,1-2H3/b8-5+. The minimum atomic E-state index is 0.263. The van der Waals surface area contributed by atoms with E-state index in [1.165, 1.54) is 0 Å². The van der Waals surface area contributed by atoms with Crippen LogP contribution in [0.2, 0.25) is 0 Å². The van der Waals surface area contributed by atoms with Crippen LogP contribution in [0.5, 0.6) is 5.75 Å². The molecule has 0 radical (unpaired) electrons. The minimum Gasteiger partial charge on any atom is -0.505 e. The summed E-state index contributed by atoms with van der Waals surface area (Å²) in [7, 11) is 0. The van der Waals surface area contributed by atoms with Gasteiger partial charge in [0.1, 0.15) is 11.3 Å². The van der Waals surface area contributed by atoms with Gasteiger partial charge in [-0.1, -0.05) is 46.3 Å². The van der Waals surface area contributed by atoms with Crippen molar-refractivity contribution in [3.63, 3.8) is 0 Å². The van der Waals surface area contributed by atoms with Crippen LogP contribution in [-0.2, 0) is 0 Å². The number of hydrogen-bond donors (Lipinski definition) is 1. The third-order valence-electron chi connectivity index (χ3n) is 3.69. The number of nitrogens with zero attached hydrogens (tertiary/aromatic N) is 1. The van der Waals surface area contributed by atoms with Gasteiger partial charge in [-0.3, -0.25) is 0 Å². The Morgan fingerprint density at radius 1 is 0.955 bits per heavy atom. The molecular formula is C19H16BrNO. The van der Waals surface area contributed by atoms with Crippen LogP contribution >= 0.6 is 15.9 Å². The first-order valence-electron chi connectivity index (χ1n) is 7.08. The number of phenolic OH excluding ortho intramolecular Hbond substituents is 1. The first kappa shape index (κ1) is 14.8. The summed E-state index contributed by atoms with van der Waals surface area (Å²) in [5.41, 5.74) is 4.58. The molecule has 0 bridgehead atoms. The number of phenols is 1. The topological polar surface area (TPSA) is 33.1 Å². The molecule has 0 spiro atoms. The Kier molecular flexibility index (Phi) is 3.99. The van der Waals surface area contributed by atoms with E-state index in [-0.39, 0.29) is 5.75 Å². The molecule has 22 heavy (non-hydrogen) atoms. The highest BCUT2D eigenvalue weighted by atomic mass is 79.9. The summed E-state index contributed by atoms with van der Waals surface area (Å²) in [6, 6.07) is 14.0. The number of halogens is 1. The van der Waals surface area contributed by atoms with Crippen LogP contribution in [0.25, 0.3) is 23.1 Å². The summed E-state index contributed by atoms with van der Waals surface area (Å²) >= 11 is 3.43. The zero-order chi connectivity index (χ0) is 15.7. The Morgan fingerprint density at radius 3 is 2.41 bits per heavy atom. The molecule has 1 heterocycles. The molecule has 1 aromatic heterocycles. The molecule has 0 unspecified atom stereocenters. The van der Waals surface area contributed by atoms with Crippen molar-refractivity contribution in [2.75, 3.05) is 0 Å². The van der Waals surface area contributed by atoms with E-state index in [2.05, 4.69) is 20.9 Å². The number of rotatable bonds is 2. The predicted octanol–water partition coefficient (Wildman–Crippen LogP) is 5.49. The maximum Gasteiger partial charge on any atom is 0.144 e. The van der Waals surface area contributed by atoms with E-state index in [9.17, 15) is 5.11 Å². The van der Waals surface area contributed by atoms with Gasteiger partial charge in [-0.05, 0) is 54.8 Å². The fraction of sp³-hybridized carbons (Fsp3) is 0.105. The van der Waals surface area contributed by atoms with Crippen molar-refractivity contribution in [1.82, 2.24) is 4.98 Å². The molecule has 0 aliphatic heterocycles. The van der Waals surface area contributed by atoms with Gasteiger partial charge >= 0.3 is 0 Å². The molecule has 1 N–H and O–H groups in total. The Balaban J connectivity index is 2.01. The van der Waals surface area contributed by atoms with E-state index < -0.39 is 0 Å². The van der Waals surface area contributed by atoms with Gasteiger partial charge in [0.25, 0.3) is 0 Å². The Bertz CT molecular complexity index is 867. The molecule has 0 aliphatic rings. The molecule has 2 aromatic carbocycles. The van der Waals surface area contributed by atoms with E-state index in [1.807, 2.05) is 68.5 Å². The van der Waals surface area contributed by atoms with Crippen molar-refractivity contribution in [3.8, 4) is 5.75 Å². The molecule has 3 aromatic rings. The van der Waals surface area contributed by atoms with Gasteiger partial charge in [-0.15, -0.1) is 0 Å². The molecule has 0 saturated heterocycles. The molecule has 0 fully saturated rings. The lowest BCUT2D eigenvalue weighted by molar-refractivity contribution is 0.476. The zero-order valence-electron chi connectivity index (χ0n) is 12.5. The van der Waals surface area contributed by atoms with Gasteiger partial charge in [-0.25, -0.2) is 4.98 Å². The molecule has 0 saturated carbocycles. The number of aromatic hydroxyl groups is 1. The summed E-state index contributed by atoms with van der Waals surface area (Å²) in [5, 5.41) is 11.2. The summed E-state index contributed by atoms with van der Waals surface area (Å²) in [5.74, 6) is 0.263. The van der Waals surface area contributed by atoms with Gasteiger partial charge < -0.3 is 5.11 Å². The minimum absolute atomic E-state index is 0.263. The first-order chi connectivity index (χ1) is 10.5. The normalized spacial score (nSPS) is 11.4. The van der Waals surface area contributed by atoms with Crippen molar-refractivity contribution in [1.29, 1.82) is 0 Å². The maximum atomic E-state index is 10.2. The van der Waals surface area contributed by atoms with Crippen LogP contribution in [0.4, 0.5) is 0 Å². The molecule has 3 rings (SSSR count). The van der Waals surface area contributed by atoms with E-state index in [0.717, 1.165) is 32.2 Å². The number of pyridine rings is 1.